The molecule has 0 amide bonds. The normalized spacial score (nSPS) is 26.0. The van der Waals surface area contributed by atoms with Crippen LogP contribution in [0.25, 0.3) is 10.4 Å². The van der Waals surface area contributed by atoms with E-state index in [1.165, 1.54) is 6.92 Å². The number of aliphatic hydroxyl groups is 1. The molecule has 7 heteroatoms. The molecule has 118 valence electrons. The van der Waals surface area contributed by atoms with Crippen LogP contribution in [0.5, 0.6) is 0 Å². The lowest BCUT2D eigenvalue weighted by atomic mass is 9.75. The van der Waals surface area contributed by atoms with Crippen molar-refractivity contribution in [1.29, 1.82) is 0 Å². The summed E-state index contributed by atoms with van der Waals surface area (Å²) < 4.78 is 4.97. The number of ketones is 1. The summed E-state index contributed by atoms with van der Waals surface area (Å²) in [5.74, 6) is -2.36. The third kappa shape index (κ3) is 4.72. The van der Waals surface area contributed by atoms with E-state index >= 15 is 0 Å². The van der Waals surface area contributed by atoms with E-state index in [0.29, 0.717) is 12.8 Å². The highest BCUT2D eigenvalue weighted by molar-refractivity contribution is 6.00. The Labute approximate surface area is 124 Å². The highest BCUT2D eigenvalue weighted by atomic mass is 16.5. The number of esters is 1. The van der Waals surface area contributed by atoms with E-state index in [1.54, 1.807) is 6.92 Å². The standard InChI is InChI=1S/C14H23N3O4/c1-3-21-13(19)10-7-5-4-6-8-11(12(10)18)14(2,20)9-16-17-15/h10-11,20H,3-9H2,1-2H3. The monoisotopic (exact) mass is 297 g/mol. The van der Waals surface area contributed by atoms with Crippen molar-refractivity contribution in [3.63, 3.8) is 0 Å². The summed E-state index contributed by atoms with van der Waals surface area (Å²) in [6.07, 6.45) is 3.44. The lowest BCUT2D eigenvalue weighted by Crippen LogP contribution is -2.46. The maximum absolute atomic E-state index is 12.6. The van der Waals surface area contributed by atoms with Gasteiger partial charge in [-0.1, -0.05) is 24.4 Å². The van der Waals surface area contributed by atoms with E-state index in [-0.39, 0.29) is 18.9 Å². The van der Waals surface area contributed by atoms with Crippen LogP contribution in [0.4, 0.5) is 0 Å². The van der Waals surface area contributed by atoms with Crippen LogP contribution in [0.2, 0.25) is 0 Å². The topological polar surface area (TPSA) is 112 Å². The third-order valence-electron chi connectivity index (χ3n) is 3.95. The van der Waals surface area contributed by atoms with Crippen molar-refractivity contribution in [3.05, 3.63) is 10.4 Å². The number of hydrogen-bond donors (Lipinski definition) is 1. The molecule has 0 aliphatic heterocycles. The van der Waals surface area contributed by atoms with Crippen molar-refractivity contribution < 1.29 is 19.4 Å². The van der Waals surface area contributed by atoms with Crippen molar-refractivity contribution >= 4 is 11.8 Å². The highest BCUT2D eigenvalue weighted by Gasteiger charge is 2.42. The van der Waals surface area contributed by atoms with Gasteiger partial charge < -0.3 is 9.84 Å². The molecule has 0 aromatic heterocycles. The zero-order chi connectivity index (χ0) is 15.9. The van der Waals surface area contributed by atoms with Crippen LogP contribution in [0, 0.1) is 11.8 Å². The second-order valence-electron chi connectivity index (χ2n) is 5.64. The van der Waals surface area contributed by atoms with Crippen LogP contribution in [0.15, 0.2) is 5.11 Å². The van der Waals surface area contributed by atoms with Gasteiger partial charge in [0.05, 0.1) is 18.8 Å². The summed E-state index contributed by atoms with van der Waals surface area (Å²) in [6.45, 7) is 3.21. The second kappa shape index (κ2) is 8.00. The Bertz CT molecular complexity index is 430. The summed E-state index contributed by atoms with van der Waals surface area (Å²) in [4.78, 5) is 27.2. The number of Topliss-reactive ketones (excluding diaryl/α,β-unsaturated/α-hetero) is 1. The number of azide groups is 1. The minimum absolute atomic E-state index is 0.185. The molecule has 1 saturated carbocycles. The summed E-state index contributed by atoms with van der Waals surface area (Å²) in [5.41, 5.74) is 6.95. The number of nitrogens with zero attached hydrogens (tertiary/aromatic N) is 3. The molecular weight excluding hydrogens is 274 g/mol. The van der Waals surface area contributed by atoms with E-state index < -0.39 is 23.4 Å². The summed E-state index contributed by atoms with van der Waals surface area (Å²) >= 11 is 0. The predicted octanol–water partition coefficient (Wildman–Crippen LogP) is 2.38. The first-order valence-corrected chi connectivity index (χ1v) is 7.37. The number of ether oxygens (including phenoxy) is 1. The predicted molar refractivity (Wildman–Crippen MR) is 76.3 cm³/mol. The molecule has 3 unspecified atom stereocenters. The zero-order valence-electron chi connectivity index (χ0n) is 12.6. The van der Waals surface area contributed by atoms with Crippen LogP contribution in [-0.4, -0.2) is 35.6 Å². The molecule has 1 aliphatic carbocycles. The van der Waals surface area contributed by atoms with Gasteiger partial charge in [0.1, 0.15) is 5.92 Å². The fraction of sp³-hybridized carbons (Fsp3) is 0.857. The van der Waals surface area contributed by atoms with E-state index in [9.17, 15) is 14.7 Å². The zero-order valence-corrected chi connectivity index (χ0v) is 12.6. The average Bonchev–Trinajstić information content (AvgIpc) is 2.41. The molecule has 0 saturated heterocycles. The smallest absolute Gasteiger partial charge is 0.316 e. The third-order valence-corrected chi connectivity index (χ3v) is 3.95. The lowest BCUT2D eigenvalue weighted by molar-refractivity contribution is -0.155. The van der Waals surface area contributed by atoms with Crippen molar-refractivity contribution in [2.75, 3.05) is 13.2 Å². The Morgan fingerprint density at radius 2 is 2.14 bits per heavy atom. The van der Waals surface area contributed by atoms with Crippen LogP contribution in [-0.2, 0) is 14.3 Å². The van der Waals surface area contributed by atoms with Crippen LogP contribution < -0.4 is 0 Å². The van der Waals surface area contributed by atoms with Crippen LogP contribution in [0.3, 0.4) is 0 Å². The van der Waals surface area contributed by atoms with Gasteiger partial charge in [-0.15, -0.1) is 0 Å². The van der Waals surface area contributed by atoms with Crippen molar-refractivity contribution in [2.45, 2.75) is 51.6 Å². The molecule has 1 rings (SSSR count). The minimum Gasteiger partial charge on any atom is -0.465 e. The number of hydrogen-bond acceptors (Lipinski definition) is 5. The molecule has 0 bridgehead atoms. The van der Waals surface area contributed by atoms with Crippen molar-refractivity contribution in [2.24, 2.45) is 17.0 Å². The summed E-state index contributed by atoms with van der Waals surface area (Å²) in [5, 5.41) is 13.8. The van der Waals surface area contributed by atoms with Gasteiger partial charge in [-0.25, -0.2) is 0 Å². The van der Waals surface area contributed by atoms with Gasteiger partial charge in [0.2, 0.25) is 0 Å². The Morgan fingerprint density at radius 3 is 2.76 bits per heavy atom. The largest absolute Gasteiger partial charge is 0.465 e. The van der Waals surface area contributed by atoms with Crippen molar-refractivity contribution in [1.82, 2.24) is 0 Å². The van der Waals surface area contributed by atoms with E-state index in [4.69, 9.17) is 10.3 Å². The van der Waals surface area contributed by atoms with Gasteiger partial charge in [0, 0.05) is 10.8 Å². The molecular formula is C14H23N3O4. The number of rotatable bonds is 5. The molecule has 1 aliphatic rings. The average molecular weight is 297 g/mol. The molecule has 21 heavy (non-hydrogen) atoms. The van der Waals surface area contributed by atoms with E-state index in [0.717, 1.165) is 19.3 Å². The Hall–Kier alpha value is -1.59. The van der Waals surface area contributed by atoms with E-state index in [1.807, 2.05) is 0 Å². The molecule has 1 fully saturated rings. The molecule has 0 aromatic rings. The molecule has 7 nitrogen and oxygen atoms in total. The van der Waals surface area contributed by atoms with Gasteiger partial charge in [0.15, 0.2) is 5.78 Å². The van der Waals surface area contributed by atoms with Crippen molar-refractivity contribution in [3.8, 4) is 0 Å². The Morgan fingerprint density at radius 1 is 1.48 bits per heavy atom. The quantitative estimate of drug-likeness (QED) is 0.276. The van der Waals surface area contributed by atoms with Gasteiger partial charge in [-0.05, 0) is 32.2 Å². The Kier molecular flexibility index (Phi) is 6.65. The molecule has 0 heterocycles. The molecule has 3 atom stereocenters. The van der Waals surface area contributed by atoms with Gasteiger partial charge in [-0.3, -0.25) is 9.59 Å². The summed E-state index contributed by atoms with van der Waals surface area (Å²) in [6, 6.07) is 0. The van der Waals surface area contributed by atoms with Crippen LogP contribution in [0.1, 0.15) is 46.0 Å². The van der Waals surface area contributed by atoms with Gasteiger partial charge >= 0.3 is 5.97 Å². The minimum atomic E-state index is -1.44. The maximum atomic E-state index is 12.6. The maximum Gasteiger partial charge on any atom is 0.316 e. The first-order valence-electron chi connectivity index (χ1n) is 7.37. The van der Waals surface area contributed by atoms with Gasteiger partial charge in [0.25, 0.3) is 0 Å². The van der Waals surface area contributed by atoms with Gasteiger partial charge in [-0.2, -0.15) is 0 Å². The molecule has 0 aromatic carbocycles. The fourth-order valence-electron chi connectivity index (χ4n) is 2.78. The molecule has 1 N–H and O–H groups in total. The SMILES string of the molecule is CCOC(=O)C1CCCCCC(C(C)(O)CN=[N+]=[N-])C1=O. The fourth-order valence-corrected chi connectivity index (χ4v) is 2.78. The summed E-state index contributed by atoms with van der Waals surface area (Å²) in [7, 11) is 0. The molecule has 0 spiro atoms. The number of carbonyl (C=O) groups is 2. The highest BCUT2D eigenvalue weighted by Crippen LogP contribution is 2.32. The lowest BCUT2D eigenvalue weighted by Gasteiger charge is -2.34. The first-order chi connectivity index (χ1) is 9.94. The second-order valence-corrected chi connectivity index (χ2v) is 5.64. The van der Waals surface area contributed by atoms with Crippen LogP contribution >= 0.6 is 0 Å². The van der Waals surface area contributed by atoms with E-state index in [2.05, 4.69) is 10.0 Å². The number of carbonyl (C=O) groups excluding carboxylic acids is 2. The molecule has 0 radical (unpaired) electrons. The first kappa shape index (κ1) is 17.5. The Balaban J connectivity index is 2.96.